The van der Waals surface area contributed by atoms with E-state index < -0.39 is 0 Å². The molecular formula is C16H26N2O. The second-order valence-electron chi connectivity index (χ2n) is 5.68. The normalized spacial score (nSPS) is 17.7. The summed E-state index contributed by atoms with van der Waals surface area (Å²) in [6.45, 7) is 9.72. The average Bonchev–Trinajstić information content (AvgIpc) is 2.87. The van der Waals surface area contributed by atoms with Crippen LogP contribution < -0.4 is 10.5 Å². The zero-order valence-electron chi connectivity index (χ0n) is 12.6. The number of nitrogens with zero attached hydrogens (tertiary/aromatic N) is 1. The van der Waals surface area contributed by atoms with E-state index >= 15 is 0 Å². The summed E-state index contributed by atoms with van der Waals surface area (Å²) in [7, 11) is 1.73. The first-order valence-electron chi connectivity index (χ1n) is 7.17. The van der Waals surface area contributed by atoms with Gasteiger partial charge in [-0.3, -0.25) is 0 Å². The Labute approximate surface area is 116 Å². The van der Waals surface area contributed by atoms with E-state index in [4.69, 9.17) is 10.5 Å². The fourth-order valence-corrected chi connectivity index (χ4v) is 3.13. The molecule has 1 unspecified atom stereocenters. The van der Waals surface area contributed by atoms with Crippen molar-refractivity contribution in [3.05, 3.63) is 28.3 Å². The molecule has 1 aromatic rings. The molecule has 0 radical (unpaired) electrons. The Bertz CT molecular complexity index is 451. The third kappa shape index (κ3) is 2.93. The Hall–Kier alpha value is -1.06. The van der Waals surface area contributed by atoms with E-state index in [1.165, 1.54) is 48.2 Å². The lowest BCUT2D eigenvalue weighted by Gasteiger charge is -2.24. The fourth-order valence-electron chi connectivity index (χ4n) is 3.13. The Balaban J connectivity index is 2.23. The maximum Gasteiger partial charge on any atom is 0.124 e. The maximum atomic E-state index is 6.42. The lowest BCUT2D eigenvalue weighted by atomic mass is 9.94. The predicted octanol–water partition coefficient (Wildman–Crippen LogP) is 2.72. The summed E-state index contributed by atoms with van der Waals surface area (Å²) in [4.78, 5) is 2.47. The standard InChI is InChI=1S/C16H26N2O/c1-11-9-14(12(2)13(3)16(11)19-4)15(17)10-18-7-5-6-8-18/h9,15H,5-8,10,17H2,1-4H3. The number of benzene rings is 1. The van der Waals surface area contributed by atoms with Crippen LogP contribution in [0.2, 0.25) is 0 Å². The highest BCUT2D eigenvalue weighted by atomic mass is 16.5. The van der Waals surface area contributed by atoms with Crippen molar-refractivity contribution < 1.29 is 4.74 Å². The molecule has 19 heavy (non-hydrogen) atoms. The summed E-state index contributed by atoms with van der Waals surface area (Å²) >= 11 is 0. The minimum atomic E-state index is 0.0985. The van der Waals surface area contributed by atoms with Crippen molar-refractivity contribution in [3.63, 3.8) is 0 Å². The predicted molar refractivity (Wildman–Crippen MR) is 79.8 cm³/mol. The first kappa shape index (κ1) is 14.4. The fraction of sp³-hybridized carbons (Fsp3) is 0.625. The molecule has 1 heterocycles. The summed E-state index contributed by atoms with van der Waals surface area (Å²) in [5, 5.41) is 0. The van der Waals surface area contributed by atoms with Crippen molar-refractivity contribution in [3.8, 4) is 5.75 Å². The van der Waals surface area contributed by atoms with Crippen LogP contribution in [-0.4, -0.2) is 31.6 Å². The number of aryl methyl sites for hydroxylation is 1. The molecule has 0 saturated carbocycles. The molecule has 1 fully saturated rings. The average molecular weight is 262 g/mol. The number of rotatable bonds is 4. The first-order chi connectivity index (χ1) is 9.04. The van der Waals surface area contributed by atoms with E-state index in [0.717, 1.165) is 12.3 Å². The van der Waals surface area contributed by atoms with Gasteiger partial charge in [-0.2, -0.15) is 0 Å². The summed E-state index contributed by atoms with van der Waals surface area (Å²) in [5.41, 5.74) is 11.4. The molecule has 1 aliphatic heterocycles. The van der Waals surface area contributed by atoms with E-state index in [1.54, 1.807) is 7.11 Å². The van der Waals surface area contributed by atoms with Crippen LogP contribution in [0.4, 0.5) is 0 Å². The van der Waals surface area contributed by atoms with Gasteiger partial charge < -0.3 is 15.4 Å². The molecule has 3 heteroatoms. The van der Waals surface area contributed by atoms with Crippen LogP contribution in [-0.2, 0) is 0 Å². The Morgan fingerprint density at radius 1 is 1.21 bits per heavy atom. The molecule has 0 bridgehead atoms. The monoisotopic (exact) mass is 262 g/mol. The van der Waals surface area contributed by atoms with Crippen LogP contribution in [0.15, 0.2) is 6.07 Å². The summed E-state index contributed by atoms with van der Waals surface area (Å²) < 4.78 is 5.47. The van der Waals surface area contributed by atoms with Crippen LogP contribution >= 0.6 is 0 Å². The molecule has 0 aromatic heterocycles. The lowest BCUT2D eigenvalue weighted by Crippen LogP contribution is -2.30. The smallest absolute Gasteiger partial charge is 0.124 e. The largest absolute Gasteiger partial charge is 0.496 e. The second kappa shape index (κ2) is 5.93. The van der Waals surface area contributed by atoms with Gasteiger partial charge in [0.2, 0.25) is 0 Å². The number of hydrogen-bond donors (Lipinski definition) is 1. The number of methoxy groups -OCH3 is 1. The van der Waals surface area contributed by atoms with E-state index in [-0.39, 0.29) is 6.04 Å². The van der Waals surface area contributed by atoms with E-state index in [9.17, 15) is 0 Å². The van der Waals surface area contributed by atoms with Crippen molar-refractivity contribution >= 4 is 0 Å². The highest BCUT2D eigenvalue weighted by Crippen LogP contribution is 2.31. The van der Waals surface area contributed by atoms with Gasteiger partial charge in [-0.1, -0.05) is 6.07 Å². The minimum absolute atomic E-state index is 0.0985. The van der Waals surface area contributed by atoms with Crippen molar-refractivity contribution in [2.75, 3.05) is 26.7 Å². The van der Waals surface area contributed by atoms with Crippen LogP contribution in [0.1, 0.15) is 41.1 Å². The Morgan fingerprint density at radius 3 is 2.42 bits per heavy atom. The van der Waals surface area contributed by atoms with Crippen molar-refractivity contribution in [1.29, 1.82) is 0 Å². The molecule has 2 N–H and O–H groups in total. The van der Waals surface area contributed by atoms with Gasteiger partial charge in [0.15, 0.2) is 0 Å². The first-order valence-corrected chi connectivity index (χ1v) is 7.17. The van der Waals surface area contributed by atoms with Crippen molar-refractivity contribution in [2.45, 2.75) is 39.7 Å². The third-order valence-corrected chi connectivity index (χ3v) is 4.32. The van der Waals surface area contributed by atoms with Crippen LogP contribution in [0.5, 0.6) is 5.75 Å². The number of nitrogens with two attached hydrogens (primary N) is 1. The molecule has 2 rings (SSSR count). The molecule has 1 aliphatic rings. The van der Waals surface area contributed by atoms with E-state index in [0.29, 0.717) is 0 Å². The van der Waals surface area contributed by atoms with Crippen LogP contribution in [0.3, 0.4) is 0 Å². The maximum absolute atomic E-state index is 6.42. The minimum Gasteiger partial charge on any atom is -0.496 e. The van der Waals surface area contributed by atoms with Crippen molar-refractivity contribution in [2.24, 2.45) is 5.73 Å². The van der Waals surface area contributed by atoms with Gasteiger partial charge >= 0.3 is 0 Å². The van der Waals surface area contributed by atoms with Crippen molar-refractivity contribution in [1.82, 2.24) is 4.90 Å². The molecular weight excluding hydrogens is 236 g/mol. The van der Waals surface area contributed by atoms with Gasteiger partial charge in [0, 0.05) is 12.6 Å². The van der Waals surface area contributed by atoms with Gasteiger partial charge in [-0.05, 0) is 69.0 Å². The molecule has 1 aromatic carbocycles. The van der Waals surface area contributed by atoms with E-state index in [2.05, 4.69) is 31.7 Å². The Morgan fingerprint density at radius 2 is 1.84 bits per heavy atom. The molecule has 1 atom stereocenters. The topological polar surface area (TPSA) is 38.5 Å². The molecule has 0 aliphatic carbocycles. The third-order valence-electron chi connectivity index (χ3n) is 4.32. The van der Waals surface area contributed by atoms with Crippen LogP contribution in [0.25, 0.3) is 0 Å². The molecule has 1 saturated heterocycles. The second-order valence-corrected chi connectivity index (χ2v) is 5.68. The summed E-state index contributed by atoms with van der Waals surface area (Å²) in [5.74, 6) is 0.995. The molecule has 3 nitrogen and oxygen atoms in total. The molecule has 0 amide bonds. The zero-order chi connectivity index (χ0) is 14.0. The quantitative estimate of drug-likeness (QED) is 0.906. The number of ether oxygens (including phenoxy) is 1. The highest BCUT2D eigenvalue weighted by molar-refractivity contribution is 5.50. The van der Waals surface area contributed by atoms with Gasteiger partial charge in [-0.15, -0.1) is 0 Å². The van der Waals surface area contributed by atoms with Gasteiger partial charge in [0.1, 0.15) is 5.75 Å². The Kier molecular flexibility index (Phi) is 4.48. The number of hydrogen-bond acceptors (Lipinski definition) is 3. The SMILES string of the molecule is COc1c(C)cc(C(N)CN2CCCC2)c(C)c1C. The van der Waals surface area contributed by atoms with Gasteiger partial charge in [0.25, 0.3) is 0 Å². The highest BCUT2D eigenvalue weighted by Gasteiger charge is 2.19. The van der Waals surface area contributed by atoms with E-state index in [1.807, 2.05) is 0 Å². The lowest BCUT2D eigenvalue weighted by molar-refractivity contribution is 0.315. The zero-order valence-corrected chi connectivity index (χ0v) is 12.6. The molecule has 0 spiro atoms. The van der Waals surface area contributed by atoms with Gasteiger partial charge in [0.05, 0.1) is 7.11 Å². The van der Waals surface area contributed by atoms with Crippen LogP contribution in [0, 0.1) is 20.8 Å². The van der Waals surface area contributed by atoms with Gasteiger partial charge in [-0.25, -0.2) is 0 Å². The summed E-state index contributed by atoms with van der Waals surface area (Å²) in [6.07, 6.45) is 2.62. The molecule has 106 valence electrons. The number of likely N-dealkylation sites (tertiary alicyclic amines) is 1. The summed E-state index contributed by atoms with van der Waals surface area (Å²) in [6, 6.07) is 2.29.